The van der Waals surface area contributed by atoms with Gasteiger partial charge in [0.25, 0.3) is 5.56 Å². The summed E-state index contributed by atoms with van der Waals surface area (Å²) in [6, 6.07) is 0. The number of nitrogens with one attached hydrogen (secondary N) is 1. The quantitative estimate of drug-likeness (QED) is 0.771. The third kappa shape index (κ3) is 1.90. The summed E-state index contributed by atoms with van der Waals surface area (Å²) in [6.07, 6.45) is 2.17. The van der Waals surface area contributed by atoms with Gasteiger partial charge in [0, 0.05) is 0 Å². The molecule has 1 aromatic rings. The smallest absolute Gasteiger partial charge is 0.268 e. The van der Waals surface area contributed by atoms with Crippen molar-refractivity contribution in [2.24, 2.45) is 0 Å². The Hall–Kier alpha value is -0.240. The van der Waals surface area contributed by atoms with E-state index in [1.807, 2.05) is 0 Å². The minimum atomic E-state index is -0.249. The molecule has 6 heteroatoms. The molecular weight excluding hydrogens is 315 g/mol. The van der Waals surface area contributed by atoms with E-state index < -0.39 is 0 Å². The maximum absolute atomic E-state index is 11.3. The fraction of sp³-hybridized carbons (Fsp3) is 0.500. The molecule has 1 unspecified atom stereocenters. The topological polar surface area (TPSA) is 66.0 Å². The number of H-pyrrole nitrogens is 1. The molecular formula is C8H9IN2O2S. The van der Waals surface area contributed by atoms with Gasteiger partial charge >= 0.3 is 0 Å². The van der Waals surface area contributed by atoms with Crippen molar-refractivity contribution in [2.75, 3.05) is 5.75 Å². The second kappa shape index (κ2) is 4.09. The Labute approximate surface area is 98.7 Å². The third-order valence-corrected chi connectivity index (χ3v) is 4.46. The number of thioether (sulfide) groups is 1. The van der Waals surface area contributed by atoms with Gasteiger partial charge in [0.05, 0.1) is 5.25 Å². The van der Waals surface area contributed by atoms with E-state index in [9.17, 15) is 9.90 Å². The van der Waals surface area contributed by atoms with Gasteiger partial charge in [0.1, 0.15) is 9.39 Å². The summed E-state index contributed by atoms with van der Waals surface area (Å²) in [6.45, 7) is 0. The van der Waals surface area contributed by atoms with Crippen LogP contribution in [-0.2, 0) is 0 Å². The van der Waals surface area contributed by atoms with Crippen LogP contribution in [0.25, 0.3) is 0 Å². The number of hydrogen-bond acceptors (Lipinski definition) is 4. The molecule has 0 amide bonds. The number of halogens is 1. The van der Waals surface area contributed by atoms with Crippen LogP contribution in [0.5, 0.6) is 5.88 Å². The number of aromatic hydroxyl groups is 1. The lowest BCUT2D eigenvalue weighted by Crippen LogP contribution is -2.15. The Morgan fingerprint density at radius 2 is 2.43 bits per heavy atom. The standard InChI is InChI=1S/C8H9IN2O2S/c9-5-7(12)10-6(11-8(5)13)4-2-1-3-14-4/h4H,1-3H2,(H2,10,11,12,13). The number of rotatable bonds is 1. The van der Waals surface area contributed by atoms with Crippen LogP contribution in [0.15, 0.2) is 4.79 Å². The molecule has 0 saturated carbocycles. The van der Waals surface area contributed by atoms with Crippen molar-refractivity contribution < 1.29 is 5.11 Å². The van der Waals surface area contributed by atoms with Crippen LogP contribution in [-0.4, -0.2) is 20.8 Å². The SMILES string of the molecule is O=c1[nH]c(C2CCCS2)nc(O)c1I. The van der Waals surface area contributed by atoms with E-state index >= 15 is 0 Å². The molecule has 0 bridgehead atoms. The van der Waals surface area contributed by atoms with Crippen LogP contribution in [0, 0.1) is 3.57 Å². The zero-order chi connectivity index (χ0) is 10.1. The Morgan fingerprint density at radius 3 is 3.00 bits per heavy atom. The zero-order valence-electron chi connectivity index (χ0n) is 7.29. The van der Waals surface area contributed by atoms with Crippen molar-refractivity contribution in [1.82, 2.24) is 9.97 Å². The molecule has 1 saturated heterocycles. The van der Waals surface area contributed by atoms with Crippen LogP contribution in [0.2, 0.25) is 0 Å². The fourth-order valence-electron chi connectivity index (χ4n) is 1.41. The van der Waals surface area contributed by atoms with E-state index in [4.69, 9.17) is 0 Å². The van der Waals surface area contributed by atoms with E-state index in [0.717, 1.165) is 18.6 Å². The van der Waals surface area contributed by atoms with E-state index in [2.05, 4.69) is 9.97 Å². The van der Waals surface area contributed by atoms with E-state index in [-0.39, 0.29) is 20.3 Å². The zero-order valence-corrected chi connectivity index (χ0v) is 10.3. The van der Waals surface area contributed by atoms with Crippen molar-refractivity contribution >= 4 is 34.4 Å². The van der Waals surface area contributed by atoms with Gasteiger partial charge in [-0.2, -0.15) is 16.7 Å². The predicted octanol–water partition coefficient (Wildman–Crippen LogP) is 1.65. The van der Waals surface area contributed by atoms with E-state index in [0.29, 0.717) is 5.82 Å². The number of aromatic amines is 1. The van der Waals surface area contributed by atoms with Crippen molar-refractivity contribution in [2.45, 2.75) is 18.1 Å². The second-order valence-electron chi connectivity index (χ2n) is 3.09. The van der Waals surface area contributed by atoms with Crippen molar-refractivity contribution in [3.63, 3.8) is 0 Å². The number of nitrogens with zero attached hydrogens (tertiary/aromatic N) is 1. The Morgan fingerprint density at radius 1 is 1.64 bits per heavy atom. The molecule has 0 radical (unpaired) electrons. The largest absolute Gasteiger partial charge is 0.492 e. The molecule has 1 aromatic heterocycles. The minimum Gasteiger partial charge on any atom is -0.492 e. The van der Waals surface area contributed by atoms with Crippen molar-refractivity contribution in [3.05, 3.63) is 19.7 Å². The van der Waals surface area contributed by atoms with E-state index in [1.165, 1.54) is 0 Å². The lowest BCUT2D eigenvalue weighted by molar-refractivity contribution is 0.442. The molecule has 1 fully saturated rings. The van der Waals surface area contributed by atoms with E-state index in [1.54, 1.807) is 34.4 Å². The average Bonchev–Trinajstić information content (AvgIpc) is 2.66. The first kappa shape index (κ1) is 10.3. The highest BCUT2D eigenvalue weighted by Crippen LogP contribution is 2.38. The molecule has 14 heavy (non-hydrogen) atoms. The summed E-state index contributed by atoms with van der Waals surface area (Å²) < 4.78 is 0.259. The van der Waals surface area contributed by atoms with Gasteiger partial charge in [-0.3, -0.25) is 4.79 Å². The minimum absolute atomic E-state index is 0.156. The maximum Gasteiger partial charge on any atom is 0.268 e. The summed E-state index contributed by atoms with van der Waals surface area (Å²) in [7, 11) is 0. The first-order valence-electron chi connectivity index (χ1n) is 4.29. The van der Waals surface area contributed by atoms with Gasteiger partial charge in [-0.1, -0.05) is 0 Å². The summed E-state index contributed by atoms with van der Waals surface area (Å²) in [5.74, 6) is 1.55. The number of hydrogen-bond donors (Lipinski definition) is 2. The molecule has 2 heterocycles. The lowest BCUT2D eigenvalue weighted by atomic mass is 10.2. The summed E-state index contributed by atoms with van der Waals surface area (Å²) in [5.41, 5.74) is -0.249. The fourth-order valence-corrected chi connectivity index (χ4v) is 2.89. The van der Waals surface area contributed by atoms with Gasteiger partial charge in [-0.15, -0.1) is 0 Å². The Balaban J connectivity index is 2.39. The summed E-state index contributed by atoms with van der Waals surface area (Å²) in [4.78, 5) is 18.0. The summed E-state index contributed by atoms with van der Waals surface area (Å²) >= 11 is 3.56. The first-order chi connectivity index (χ1) is 6.68. The van der Waals surface area contributed by atoms with Crippen molar-refractivity contribution in [3.8, 4) is 5.88 Å². The normalized spacial score (nSPS) is 21.4. The third-order valence-electron chi connectivity index (χ3n) is 2.10. The highest BCUT2D eigenvalue weighted by atomic mass is 127. The predicted molar refractivity (Wildman–Crippen MR) is 63.7 cm³/mol. The molecule has 4 nitrogen and oxygen atoms in total. The lowest BCUT2D eigenvalue weighted by Gasteiger charge is -2.07. The Kier molecular flexibility index (Phi) is 3.01. The van der Waals surface area contributed by atoms with Crippen LogP contribution in [0.1, 0.15) is 23.9 Å². The molecule has 1 aliphatic rings. The molecule has 2 N–H and O–H groups in total. The molecule has 1 atom stereocenters. The van der Waals surface area contributed by atoms with Gasteiger partial charge in [0.15, 0.2) is 0 Å². The van der Waals surface area contributed by atoms with Crippen LogP contribution < -0.4 is 5.56 Å². The molecule has 0 spiro atoms. The second-order valence-corrected chi connectivity index (χ2v) is 5.48. The van der Waals surface area contributed by atoms with Gasteiger partial charge in [-0.05, 0) is 41.2 Å². The monoisotopic (exact) mass is 324 g/mol. The van der Waals surface area contributed by atoms with Crippen molar-refractivity contribution in [1.29, 1.82) is 0 Å². The van der Waals surface area contributed by atoms with Crippen LogP contribution in [0.4, 0.5) is 0 Å². The van der Waals surface area contributed by atoms with Gasteiger partial charge in [0.2, 0.25) is 5.88 Å². The highest BCUT2D eigenvalue weighted by Gasteiger charge is 2.21. The molecule has 1 aliphatic heterocycles. The molecule has 0 aromatic carbocycles. The maximum atomic E-state index is 11.3. The van der Waals surface area contributed by atoms with Gasteiger partial charge in [-0.25, -0.2) is 0 Å². The summed E-state index contributed by atoms with van der Waals surface area (Å²) in [5, 5.41) is 9.63. The van der Waals surface area contributed by atoms with Crippen LogP contribution in [0.3, 0.4) is 0 Å². The molecule has 2 rings (SSSR count). The van der Waals surface area contributed by atoms with Gasteiger partial charge < -0.3 is 10.1 Å². The first-order valence-corrected chi connectivity index (χ1v) is 6.41. The van der Waals surface area contributed by atoms with Crippen LogP contribution >= 0.6 is 34.4 Å². The molecule has 76 valence electrons. The molecule has 0 aliphatic carbocycles. The average molecular weight is 324 g/mol. The highest BCUT2D eigenvalue weighted by molar-refractivity contribution is 14.1. The Bertz CT molecular complexity index is 401. The number of aromatic nitrogens is 2.